The van der Waals surface area contributed by atoms with E-state index in [1.165, 1.54) is 0 Å². The lowest BCUT2D eigenvalue weighted by molar-refractivity contribution is 0.129. The van der Waals surface area contributed by atoms with Gasteiger partial charge in [-0.05, 0) is 35.0 Å². The number of benzene rings is 1. The second-order valence-electron chi connectivity index (χ2n) is 3.27. The normalized spacial score (nSPS) is 12.3. The van der Waals surface area contributed by atoms with Crippen LogP contribution in [0.15, 0.2) is 22.7 Å². The quantitative estimate of drug-likeness (QED) is 0.895. The van der Waals surface area contributed by atoms with Gasteiger partial charge in [0.05, 0.1) is 18.9 Å². The van der Waals surface area contributed by atoms with E-state index in [4.69, 9.17) is 9.47 Å². The van der Waals surface area contributed by atoms with Crippen LogP contribution in [-0.2, 0) is 4.74 Å². The molecule has 0 amide bonds. The summed E-state index contributed by atoms with van der Waals surface area (Å²) in [5, 5.41) is 3.29. The van der Waals surface area contributed by atoms with Gasteiger partial charge in [-0.2, -0.15) is 0 Å². The van der Waals surface area contributed by atoms with Gasteiger partial charge in [0, 0.05) is 24.2 Å². The molecule has 0 saturated heterocycles. The fourth-order valence-corrected chi connectivity index (χ4v) is 1.49. The van der Waals surface area contributed by atoms with Crippen molar-refractivity contribution in [2.75, 3.05) is 26.1 Å². The van der Waals surface area contributed by atoms with Gasteiger partial charge in [-0.25, -0.2) is 0 Å². The Morgan fingerprint density at radius 3 is 2.73 bits per heavy atom. The number of hydrogen-bond acceptors (Lipinski definition) is 3. The van der Waals surface area contributed by atoms with E-state index < -0.39 is 0 Å². The summed E-state index contributed by atoms with van der Waals surface area (Å²) >= 11 is 3.47. The minimum atomic E-state index is 0.183. The van der Waals surface area contributed by atoms with Crippen molar-refractivity contribution in [2.24, 2.45) is 0 Å². The van der Waals surface area contributed by atoms with Gasteiger partial charge in [0.25, 0.3) is 0 Å². The second kappa shape index (κ2) is 5.98. The van der Waals surface area contributed by atoms with Crippen LogP contribution >= 0.6 is 15.9 Å². The average molecular weight is 274 g/mol. The summed E-state index contributed by atoms with van der Waals surface area (Å²) in [6.45, 7) is 2.78. The maximum absolute atomic E-state index is 5.16. The first-order valence-corrected chi connectivity index (χ1v) is 5.57. The number of halogens is 1. The Kier molecular flexibility index (Phi) is 4.91. The zero-order valence-corrected chi connectivity index (χ0v) is 10.8. The van der Waals surface area contributed by atoms with E-state index in [0.29, 0.717) is 0 Å². The zero-order chi connectivity index (χ0) is 11.3. The molecule has 0 bridgehead atoms. The van der Waals surface area contributed by atoms with Crippen molar-refractivity contribution in [1.29, 1.82) is 0 Å². The third kappa shape index (κ3) is 3.72. The van der Waals surface area contributed by atoms with Crippen LogP contribution in [0.3, 0.4) is 0 Å². The van der Waals surface area contributed by atoms with E-state index in [9.17, 15) is 0 Å². The molecule has 0 aliphatic carbocycles. The Morgan fingerprint density at radius 1 is 1.40 bits per heavy atom. The molecule has 1 rings (SSSR count). The van der Waals surface area contributed by atoms with Crippen molar-refractivity contribution in [3.8, 4) is 5.75 Å². The number of rotatable bonds is 5. The average Bonchev–Trinajstić information content (AvgIpc) is 2.27. The highest BCUT2D eigenvalue weighted by Gasteiger charge is 2.03. The summed E-state index contributed by atoms with van der Waals surface area (Å²) < 4.78 is 11.3. The second-order valence-corrected chi connectivity index (χ2v) is 4.13. The van der Waals surface area contributed by atoms with Gasteiger partial charge in [-0.15, -0.1) is 0 Å². The molecule has 15 heavy (non-hydrogen) atoms. The van der Waals surface area contributed by atoms with E-state index in [1.54, 1.807) is 14.2 Å². The van der Waals surface area contributed by atoms with Crippen molar-refractivity contribution in [3.63, 3.8) is 0 Å². The van der Waals surface area contributed by atoms with Gasteiger partial charge in [-0.1, -0.05) is 0 Å². The van der Waals surface area contributed by atoms with Crippen LogP contribution in [0.2, 0.25) is 0 Å². The molecule has 1 unspecified atom stereocenters. The van der Waals surface area contributed by atoms with Crippen molar-refractivity contribution in [3.05, 3.63) is 22.7 Å². The third-order valence-electron chi connectivity index (χ3n) is 2.16. The van der Waals surface area contributed by atoms with Gasteiger partial charge in [0.1, 0.15) is 5.75 Å². The van der Waals surface area contributed by atoms with Gasteiger partial charge in [0.15, 0.2) is 0 Å². The van der Waals surface area contributed by atoms with Gasteiger partial charge >= 0.3 is 0 Å². The Morgan fingerprint density at radius 2 is 2.13 bits per heavy atom. The number of nitrogens with one attached hydrogen (secondary N) is 1. The minimum absolute atomic E-state index is 0.183. The molecule has 3 nitrogen and oxygen atoms in total. The van der Waals surface area contributed by atoms with Gasteiger partial charge < -0.3 is 14.8 Å². The van der Waals surface area contributed by atoms with Crippen molar-refractivity contribution in [1.82, 2.24) is 0 Å². The molecule has 0 heterocycles. The molecule has 0 aromatic heterocycles. The number of hydrogen-bond donors (Lipinski definition) is 1. The molecular weight excluding hydrogens is 258 g/mol. The lowest BCUT2D eigenvalue weighted by atomic mass is 10.3. The van der Waals surface area contributed by atoms with Crippen LogP contribution in [0, 0.1) is 0 Å². The van der Waals surface area contributed by atoms with E-state index in [2.05, 4.69) is 21.2 Å². The smallest absolute Gasteiger partial charge is 0.121 e. The van der Waals surface area contributed by atoms with Crippen LogP contribution in [0.4, 0.5) is 5.69 Å². The molecule has 1 atom stereocenters. The lowest BCUT2D eigenvalue weighted by Crippen LogP contribution is -2.18. The summed E-state index contributed by atoms with van der Waals surface area (Å²) in [5.74, 6) is 0.839. The van der Waals surface area contributed by atoms with Crippen LogP contribution in [0.5, 0.6) is 5.75 Å². The van der Waals surface area contributed by atoms with Gasteiger partial charge in [0.2, 0.25) is 0 Å². The first kappa shape index (κ1) is 12.3. The summed E-state index contributed by atoms with van der Waals surface area (Å²) in [5.41, 5.74) is 1.01. The van der Waals surface area contributed by atoms with Crippen LogP contribution in [0.1, 0.15) is 6.92 Å². The molecule has 0 spiro atoms. The zero-order valence-electron chi connectivity index (χ0n) is 9.21. The number of anilines is 1. The highest BCUT2D eigenvalue weighted by molar-refractivity contribution is 9.10. The Bertz CT molecular complexity index is 317. The van der Waals surface area contributed by atoms with Crippen molar-refractivity contribution < 1.29 is 9.47 Å². The molecule has 4 heteroatoms. The predicted octanol–water partition coefficient (Wildman–Crippen LogP) is 2.90. The molecule has 0 saturated carbocycles. The molecule has 0 aliphatic heterocycles. The summed E-state index contributed by atoms with van der Waals surface area (Å²) in [4.78, 5) is 0. The van der Waals surface area contributed by atoms with Crippen LogP contribution in [-0.4, -0.2) is 26.9 Å². The number of ether oxygens (including phenoxy) is 2. The topological polar surface area (TPSA) is 30.5 Å². The van der Waals surface area contributed by atoms with Crippen molar-refractivity contribution >= 4 is 21.6 Å². The van der Waals surface area contributed by atoms with Gasteiger partial charge in [-0.3, -0.25) is 0 Å². The number of methoxy groups -OCH3 is 2. The Balaban J connectivity index is 2.66. The first-order chi connectivity index (χ1) is 7.17. The molecular formula is C11H16BrNO2. The van der Waals surface area contributed by atoms with E-state index >= 15 is 0 Å². The Labute approximate surface area is 98.9 Å². The Hall–Kier alpha value is -0.740. The fraction of sp³-hybridized carbons (Fsp3) is 0.455. The fourth-order valence-electron chi connectivity index (χ4n) is 1.10. The summed E-state index contributed by atoms with van der Waals surface area (Å²) in [6, 6.07) is 5.82. The highest BCUT2D eigenvalue weighted by atomic mass is 79.9. The SMILES string of the molecule is COc1ccc(Br)c(NCC(C)OC)c1. The monoisotopic (exact) mass is 273 g/mol. The van der Waals surface area contributed by atoms with E-state index in [-0.39, 0.29) is 6.10 Å². The highest BCUT2D eigenvalue weighted by Crippen LogP contribution is 2.26. The third-order valence-corrected chi connectivity index (χ3v) is 2.85. The van der Waals surface area contributed by atoms with Crippen LogP contribution < -0.4 is 10.1 Å². The molecule has 1 aromatic rings. The molecule has 1 aromatic carbocycles. The maximum Gasteiger partial charge on any atom is 0.121 e. The maximum atomic E-state index is 5.16. The summed E-state index contributed by atoms with van der Waals surface area (Å²) in [6.07, 6.45) is 0.183. The molecule has 84 valence electrons. The molecule has 0 radical (unpaired) electrons. The van der Waals surface area contributed by atoms with Crippen LogP contribution in [0.25, 0.3) is 0 Å². The predicted molar refractivity (Wildman–Crippen MR) is 65.7 cm³/mol. The van der Waals surface area contributed by atoms with E-state index in [1.807, 2.05) is 25.1 Å². The summed E-state index contributed by atoms with van der Waals surface area (Å²) in [7, 11) is 3.36. The first-order valence-electron chi connectivity index (χ1n) is 4.77. The lowest BCUT2D eigenvalue weighted by Gasteiger charge is -2.13. The largest absolute Gasteiger partial charge is 0.497 e. The standard InChI is InChI=1S/C11H16BrNO2/c1-8(14-2)7-13-11-6-9(15-3)4-5-10(11)12/h4-6,8,13H,7H2,1-3H3. The van der Waals surface area contributed by atoms with E-state index in [0.717, 1.165) is 22.5 Å². The molecule has 0 fully saturated rings. The van der Waals surface area contributed by atoms with Crippen molar-refractivity contribution in [2.45, 2.75) is 13.0 Å². The minimum Gasteiger partial charge on any atom is -0.497 e. The molecule has 1 N–H and O–H groups in total. The molecule has 0 aliphatic rings.